The van der Waals surface area contributed by atoms with E-state index in [9.17, 15) is 0 Å². The van der Waals surface area contributed by atoms with E-state index in [-0.39, 0.29) is 0 Å². The molecular weight excluding hydrogens is 781 g/mol. The molecule has 0 aliphatic heterocycles. The molecule has 0 unspecified atom stereocenters. The van der Waals surface area contributed by atoms with Gasteiger partial charge in [0.25, 0.3) is 0 Å². The van der Waals surface area contributed by atoms with E-state index < -0.39 is 0 Å². The van der Waals surface area contributed by atoms with Crippen molar-refractivity contribution in [3.05, 3.63) is 267 Å². The Morgan fingerprint density at radius 1 is 0.203 bits per heavy atom. The standard InChI is InChI=1S/C58H44N6/c1-7-19-45(20-8-1)61(46-21-9-2-10-22-46)51-31-35-53(36-32-51)63(49-27-15-5-16-28-49)57-39-41-59-43-55(57)56-44-60-42-40-58(56)64(50-29-17-6-18-30-50)54-37-33-52(34-38-54)62(47-23-11-3-12-24-47)48-25-13-4-14-26-48/h1-44H. The summed E-state index contributed by atoms with van der Waals surface area (Å²) in [5.74, 6) is 0. The fourth-order valence-corrected chi connectivity index (χ4v) is 8.29. The van der Waals surface area contributed by atoms with Gasteiger partial charge in [-0.3, -0.25) is 9.97 Å². The highest BCUT2D eigenvalue weighted by Crippen LogP contribution is 2.47. The Bertz CT molecular complexity index is 2740. The Labute approximate surface area is 374 Å². The van der Waals surface area contributed by atoms with Crippen molar-refractivity contribution in [1.82, 2.24) is 9.97 Å². The molecule has 8 aromatic carbocycles. The summed E-state index contributed by atoms with van der Waals surface area (Å²) >= 11 is 0. The van der Waals surface area contributed by atoms with Crippen molar-refractivity contribution in [3.63, 3.8) is 0 Å². The first-order valence-corrected chi connectivity index (χ1v) is 21.4. The second-order valence-corrected chi connectivity index (χ2v) is 15.2. The van der Waals surface area contributed by atoms with E-state index in [1.807, 2.05) is 24.8 Å². The molecule has 0 amide bonds. The van der Waals surface area contributed by atoms with Crippen molar-refractivity contribution >= 4 is 68.2 Å². The van der Waals surface area contributed by atoms with E-state index in [2.05, 4.69) is 262 Å². The number of aromatic nitrogens is 2. The number of pyridine rings is 2. The molecule has 2 aromatic heterocycles. The van der Waals surface area contributed by atoms with Crippen LogP contribution in [0.4, 0.5) is 68.2 Å². The smallest absolute Gasteiger partial charge is 0.0572 e. The molecule has 0 fully saturated rings. The second-order valence-electron chi connectivity index (χ2n) is 15.2. The maximum Gasteiger partial charge on any atom is 0.0572 e. The average Bonchev–Trinajstić information content (AvgIpc) is 3.38. The van der Waals surface area contributed by atoms with E-state index in [4.69, 9.17) is 9.97 Å². The van der Waals surface area contributed by atoms with Crippen LogP contribution in [0.5, 0.6) is 0 Å². The van der Waals surface area contributed by atoms with Crippen LogP contribution in [0.2, 0.25) is 0 Å². The molecule has 0 aliphatic carbocycles. The minimum absolute atomic E-state index is 0.936. The molecule has 0 N–H and O–H groups in total. The molecule has 6 heteroatoms. The molecule has 6 nitrogen and oxygen atoms in total. The van der Waals surface area contributed by atoms with Crippen LogP contribution in [0, 0.1) is 0 Å². The van der Waals surface area contributed by atoms with Crippen molar-refractivity contribution in [2.75, 3.05) is 19.6 Å². The molecule has 10 rings (SSSR count). The molecule has 0 bridgehead atoms. The monoisotopic (exact) mass is 824 g/mol. The summed E-state index contributed by atoms with van der Waals surface area (Å²) < 4.78 is 0. The van der Waals surface area contributed by atoms with Crippen molar-refractivity contribution in [3.8, 4) is 11.1 Å². The second kappa shape index (κ2) is 18.5. The third kappa shape index (κ3) is 8.19. The lowest BCUT2D eigenvalue weighted by Crippen LogP contribution is -2.15. The predicted octanol–water partition coefficient (Wildman–Crippen LogP) is 16.0. The van der Waals surface area contributed by atoms with Crippen molar-refractivity contribution in [1.29, 1.82) is 0 Å². The van der Waals surface area contributed by atoms with Crippen LogP contribution >= 0.6 is 0 Å². The molecule has 0 atom stereocenters. The summed E-state index contributed by atoms with van der Waals surface area (Å²) in [6.45, 7) is 0. The first kappa shape index (κ1) is 39.4. The van der Waals surface area contributed by atoms with E-state index in [0.29, 0.717) is 0 Å². The normalized spacial score (nSPS) is 10.8. The van der Waals surface area contributed by atoms with E-state index >= 15 is 0 Å². The maximum atomic E-state index is 4.75. The number of hydrogen-bond acceptors (Lipinski definition) is 6. The maximum absolute atomic E-state index is 4.75. The number of hydrogen-bond donors (Lipinski definition) is 0. The summed E-state index contributed by atoms with van der Waals surface area (Å²) in [7, 11) is 0. The van der Waals surface area contributed by atoms with Crippen LogP contribution in [-0.4, -0.2) is 9.97 Å². The van der Waals surface area contributed by atoms with Gasteiger partial charge >= 0.3 is 0 Å². The fourth-order valence-electron chi connectivity index (χ4n) is 8.29. The summed E-state index contributed by atoms with van der Waals surface area (Å²) in [5, 5.41) is 0. The molecule has 306 valence electrons. The van der Waals surface area contributed by atoms with Crippen molar-refractivity contribution in [2.24, 2.45) is 0 Å². The van der Waals surface area contributed by atoms with Gasteiger partial charge < -0.3 is 19.6 Å². The average molecular weight is 825 g/mol. The third-order valence-electron chi connectivity index (χ3n) is 11.2. The third-order valence-corrected chi connectivity index (χ3v) is 11.2. The van der Waals surface area contributed by atoms with E-state index in [0.717, 1.165) is 79.4 Å². The van der Waals surface area contributed by atoms with Gasteiger partial charge in [-0.15, -0.1) is 0 Å². The number of anilines is 12. The Morgan fingerprint density at radius 3 is 0.656 bits per heavy atom. The Balaban J connectivity index is 1.08. The summed E-state index contributed by atoms with van der Waals surface area (Å²) in [6, 6.07) is 84.7. The molecule has 0 saturated heterocycles. The quantitative estimate of drug-likeness (QED) is 0.115. The molecule has 0 spiro atoms. The summed E-state index contributed by atoms with van der Waals surface area (Å²) in [4.78, 5) is 18.7. The number of nitrogens with zero attached hydrogens (tertiary/aromatic N) is 6. The van der Waals surface area contributed by atoms with E-state index in [1.165, 1.54) is 0 Å². The van der Waals surface area contributed by atoms with Crippen LogP contribution in [-0.2, 0) is 0 Å². The zero-order chi connectivity index (χ0) is 42.9. The van der Waals surface area contributed by atoms with Gasteiger partial charge in [0, 0.05) is 92.8 Å². The van der Waals surface area contributed by atoms with Crippen LogP contribution in [0.15, 0.2) is 267 Å². The summed E-state index contributed by atoms with van der Waals surface area (Å²) in [5.41, 5.74) is 14.3. The van der Waals surface area contributed by atoms with Gasteiger partial charge in [-0.05, 0) is 133 Å². The lowest BCUT2D eigenvalue weighted by atomic mass is 10.0. The Morgan fingerprint density at radius 2 is 0.406 bits per heavy atom. The zero-order valence-corrected chi connectivity index (χ0v) is 35.1. The lowest BCUT2D eigenvalue weighted by molar-refractivity contribution is 1.21. The number of benzene rings is 8. The van der Waals surface area contributed by atoms with Crippen molar-refractivity contribution in [2.45, 2.75) is 0 Å². The van der Waals surface area contributed by atoms with Crippen molar-refractivity contribution < 1.29 is 0 Å². The first-order valence-electron chi connectivity index (χ1n) is 21.4. The Kier molecular flexibility index (Phi) is 11.4. The molecule has 64 heavy (non-hydrogen) atoms. The first-order chi connectivity index (χ1) is 31.8. The van der Waals surface area contributed by atoms with E-state index in [1.54, 1.807) is 0 Å². The highest BCUT2D eigenvalue weighted by molar-refractivity contribution is 5.95. The highest BCUT2D eigenvalue weighted by Gasteiger charge is 2.24. The SMILES string of the molecule is c1ccc(N(c2ccccc2)c2ccc(N(c3ccccc3)c3ccncc3-c3cnccc3N(c3ccccc3)c3ccc(N(c4ccccc4)c4ccccc4)cc3)cc2)cc1. The number of para-hydroxylation sites is 6. The van der Waals surface area contributed by atoms with Gasteiger partial charge in [0.1, 0.15) is 0 Å². The molecule has 0 radical (unpaired) electrons. The Hall–Kier alpha value is -8.74. The van der Waals surface area contributed by atoms with Crippen LogP contribution in [0.1, 0.15) is 0 Å². The highest BCUT2D eigenvalue weighted by atomic mass is 15.2. The van der Waals surface area contributed by atoms with Gasteiger partial charge in [0.15, 0.2) is 0 Å². The summed E-state index contributed by atoms with van der Waals surface area (Å²) in [6.07, 6.45) is 7.64. The van der Waals surface area contributed by atoms with Gasteiger partial charge in [0.05, 0.1) is 11.4 Å². The molecule has 2 heterocycles. The number of rotatable bonds is 13. The van der Waals surface area contributed by atoms with Gasteiger partial charge in [-0.1, -0.05) is 109 Å². The van der Waals surface area contributed by atoms with Crippen LogP contribution < -0.4 is 19.6 Å². The van der Waals surface area contributed by atoms with Crippen LogP contribution in [0.3, 0.4) is 0 Å². The molecule has 0 aliphatic rings. The lowest BCUT2D eigenvalue weighted by Gasteiger charge is -2.31. The fraction of sp³-hybridized carbons (Fsp3) is 0. The van der Waals surface area contributed by atoms with Gasteiger partial charge in [0.2, 0.25) is 0 Å². The molecular formula is C58H44N6. The minimum atomic E-state index is 0.936. The predicted molar refractivity (Wildman–Crippen MR) is 266 cm³/mol. The molecule has 10 aromatic rings. The van der Waals surface area contributed by atoms with Gasteiger partial charge in [-0.2, -0.15) is 0 Å². The topological polar surface area (TPSA) is 38.7 Å². The largest absolute Gasteiger partial charge is 0.311 e. The minimum Gasteiger partial charge on any atom is -0.311 e. The zero-order valence-electron chi connectivity index (χ0n) is 35.1. The van der Waals surface area contributed by atoms with Crippen LogP contribution in [0.25, 0.3) is 11.1 Å². The molecule has 0 saturated carbocycles. The van der Waals surface area contributed by atoms with Gasteiger partial charge in [-0.25, -0.2) is 0 Å².